The van der Waals surface area contributed by atoms with E-state index in [4.69, 9.17) is 46.8 Å². The zero-order valence-electron chi connectivity index (χ0n) is 54.0. The largest absolute Gasteiger partial charge is 0.481 e. The van der Waals surface area contributed by atoms with Crippen molar-refractivity contribution in [1.82, 2.24) is 25.3 Å². The summed E-state index contributed by atoms with van der Waals surface area (Å²) in [4.78, 5) is 57.9. The topological polar surface area (TPSA) is 330 Å². The second kappa shape index (κ2) is 43.4. The van der Waals surface area contributed by atoms with Crippen LogP contribution in [0.15, 0.2) is 193 Å². The van der Waals surface area contributed by atoms with Crippen molar-refractivity contribution in [2.24, 2.45) is 0 Å². The number of nitrogen functional groups attached to an aromatic ring is 1. The number of ether oxygens (including phenoxy) is 4. The summed E-state index contributed by atoms with van der Waals surface area (Å²) in [5, 5.41) is 34.1. The number of carbonyl (C=O) groups is 2. The number of benzene rings is 5. The van der Waals surface area contributed by atoms with E-state index in [-0.39, 0.29) is 106 Å². The number of nitrogens with one attached hydrogen (secondary N) is 2. The predicted octanol–water partition coefficient (Wildman–Crippen LogP) is 20.6. The van der Waals surface area contributed by atoms with E-state index in [0.29, 0.717) is 73.0 Å². The van der Waals surface area contributed by atoms with Gasteiger partial charge in [0.15, 0.2) is 51.4 Å². The summed E-state index contributed by atoms with van der Waals surface area (Å²) in [7, 11) is -3.39. The molecule has 1 amide bonds. The number of amides is 1. The second-order valence-corrected chi connectivity index (χ2v) is 31.1. The Morgan fingerprint density at radius 2 is 0.862 bits per heavy atom. The first-order chi connectivity index (χ1) is 49.2. The van der Waals surface area contributed by atoms with Crippen LogP contribution in [0.1, 0.15) is 49.6 Å². The normalized spacial score (nSPS) is 10.9. The minimum Gasteiger partial charge on any atom is -0.481 e. The summed E-state index contributed by atoms with van der Waals surface area (Å²) >= 11 is 12.1. The monoisotopic (exact) mass is 1710 g/mol. The molecule has 0 radical (unpaired) electrons. The Morgan fingerprint density at radius 3 is 1.20 bits per heavy atom. The second-order valence-electron chi connectivity index (χ2n) is 20.6. The van der Waals surface area contributed by atoms with Gasteiger partial charge < -0.3 is 40.4 Å². The van der Waals surface area contributed by atoms with Gasteiger partial charge in [0.05, 0.1) is 119 Å². The molecule has 109 heavy (non-hydrogen) atoms. The number of thiophene rings is 4. The van der Waals surface area contributed by atoms with Crippen molar-refractivity contribution in [2.45, 2.75) is 67.3 Å². The van der Waals surface area contributed by atoms with E-state index in [0.717, 1.165) is 49.8 Å². The van der Waals surface area contributed by atoms with Crippen molar-refractivity contribution in [1.29, 1.82) is 0 Å². The fourth-order valence-electron chi connectivity index (χ4n) is 8.64. The van der Waals surface area contributed by atoms with Gasteiger partial charge in [0.2, 0.25) is 5.91 Å². The molecule has 8 aromatic heterocycles. The standard InChI is InChI=1S/C23H18FN3O3S3.C14H9FN2O4S2.C14H9FN2O3S2.C14H11FN2O2S2.C2H4O2.5CH4.Fe/c1-33(29)21-13-17-22(32-21)19(9-10-25-17)30-18-8-7-15(12-16(18)24)26-23(31)27-20(28)11-14-5-3-2-4-6-14;1-23(20)13-7-10-14(22-13)12(4-5-16-10)21-11-3-2-8(17(18)19)6-9(11)15;1-21-13-7-10-14(22-13)12(4-5-16-10)20-11-3-2-8(17(18)19)6-9(11)15;1-21(18)13-7-10-14(20-13)12(4-5-17-10)19-11-3-2-8(16)6-9(11)15;1-2(3)4;;;;;;/h2-10,12-13H,11H2,1H3,(H2,26,27,28,31);2-7H,1H3;2-7H,1H3;2-7H,16H2,1H3;1H3,(H,3,4);5*1H4;. The first kappa shape index (κ1) is 93.4. The number of thiocarbonyl (C=S) groups is 1. The van der Waals surface area contributed by atoms with Crippen LogP contribution >= 0.6 is 69.3 Å². The molecule has 0 fully saturated rings. The Labute approximate surface area is 667 Å². The van der Waals surface area contributed by atoms with Crippen LogP contribution in [0.2, 0.25) is 0 Å². The van der Waals surface area contributed by atoms with Gasteiger partial charge in [-0.2, -0.15) is 0 Å². The number of carbonyl (C=O) groups excluding carboxylic acids is 1. The molecular weight excluding hydrogens is 1640 g/mol. The van der Waals surface area contributed by atoms with Crippen molar-refractivity contribution in [2.75, 3.05) is 36.1 Å². The Hall–Kier alpha value is -9.79. The molecule has 578 valence electrons. The van der Waals surface area contributed by atoms with Gasteiger partial charge in [-0.1, -0.05) is 67.5 Å². The van der Waals surface area contributed by atoms with E-state index in [2.05, 4.69) is 30.6 Å². The van der Waals surface area contributed by atoms with E-state index >= 15 is 0 Å². The molecule has 3 atom stereocenters. The number of non-ortho nitro benzene ring substituents is 2. The number of nitro benzene ring substituents is 2. The number of nitrogens with two attached hydrogens (primary N) is 1. The molecule has 37 heteroatoms. The molecule has 0 spiro atoms. The Bertz CT molecular complexity index is 5430. The number of pyridine rings is 4. The zero-order chi connectivity index (χ0) is 74.2. The van der Waals surface area contributed by atoms with Crippen LogP contribution < -0.4 is 35.3 Å². The molecule has 23 nitrogen and oxygen atoms in total. The van der Waals surface area contributed by atoms with E-state index in [9.17, 15) is 55.2 Å². The molecule has 0 saturated carbocycles. The van der Waals surface area contributed by atoms with Crippen LogP contribution in [-0.2, 0) is 65.5 Å². The number of aromatic nitrogens is 4. The minimum absolute atomic E-state index is 0. The summed E-state index contributed by atoms with van der Waals surface area (Å²) in [6.07, 6.45) is 13.1. The van der Waals surface area contributed by atoms with Crippen LogP contribution in [0.5, 0.6) is 46.0 Å². The molecule has 0 aliphatic rings. The molecule has 8 heterocycles. The van der Waals surface area contributed by atoms with Gasteiger partial charge in [-0.25, -0.2) is 17.6 Å². The van der Waals surface area contributed by atoms with Crippen LogP contribution in [-0.4, -0.2) is 89.5 Å². The SMILES string of the molecule is C.C.C.C.C.CC(=O)O.CS(=O)c1cc2nccc(Oc3ccc(N)cc3F)c2s1.CS(=O)c1cc2nccc(Oc3ccc(NC(=S)NC(=O)Cc4ccccc4)cc3F)c2s1.CS(=O)c1cc2nccc(Oc3ccc([N+](=O)[O-])cc3F)c2s1.CSc1cc2nccc(Oc3ccc([N+](=O)[O-])cc3F)c2s1.[Fe]. The first-order valence-corrected chi connectivity index (χ1v) is 38.6. The quantitative estimate of drug-likeness (QED) is 0.0125. The minimum atomic E-state index is -1.16. The molecule has 0 aliphatic heterocycles. The van der Waals surface area contributed by atoms with Gasteiger partial charge in [0, 0.05) is 127 Å². The van der Waals surface area contributed by atoms with Gasteiger partial charge in [0.1, 0.15) is 23.0 Å². The molecule has 5 N–H and O–H groups in total. The Balaban J connectivity index is 0.000000369. The van der Waals surface area contributed by atoms with Gasteiger partial charge in [0.25, 0.3) is 17.3 Å². The summed E-state index contributed by atoms with van der Waals surface area (Å²) in [6, 6.07) is 37.9. The average molecular weight is 1710 g/mol. The first-order valence-electron chi connectivity index (χ1n) is 29.1. The van der Waals surface area contributed by atoms with E-state index in [1.165, 1.54) is 94.0 Å². The van der Waals surface area contributed by atoms with Crippen molar-refractivity contribution in [3.8, 4) is 46.0 Å². The molecule has 5 aromatic carbocycles. The van der Waals surface area contributed by atoms with Crippen molar-refractivity contribution >= 4 is 182 Å². The van der Waals surface area contributed by atoms with Crippen LogP contribution in [0.4, 0.5) is 40.3 Å². The number of halogens is 4. The van der Waals surface area contributed by atoms with Crippen LogP contribution in [0.3, 0.4) is 0 Å². The van der Waals surface area contributed by atoms with Gasteiger partial charge in [-0.05, 0) is 84.7 Å². The van der Waals surface area contributed by atoms with Crippen molar-refractivity contribution in [3.05, 3.63) is 226 Å². The van der Waals surface area contributed by atoms with E-state index < -0.39 is 71.5 Å². The zero-order valence-corrected chi connectivity index (χ0v) is 62.5. The Morgan fingerprint density at radius 1 is 0.523 bits per heavy atom. The molecule has 0 aliphatic carbocycles. The third-order valence-corrected chi connectivity index (χ3v) is 23.3. The van der Waals surface area contributed by atoms with Gasteiger partial charge in [-0.15, -0.1) is 57.1 Å². The van der Waals surface area contributed by atoms with Crippen LogP contribution in [0, 0.1) is 43.5 Å². The maximum atomic E-state index is 14.7. The van der Waals surface area contributed by atoms with E-state index in [1.54, 1.807) is 104 Å². The number of carboxylic acids is 1. The third-order valence-electron chi connectivity index (χ3n) is 13.2. The maximum absolute atomic E-state index is 14.7. The number of nitro groups is 2. The summed E-state index contributed by atoms with van der Waals surface area (Å²) in [5.41, 5.74) is 9.09. The van der Waals surface area contributed by atoms with Crippen LogP contribution in [0.25, 0.3) is 40.9 Å². The molecule has 3 unspecified atom stereocenters. The number of hydrogen-bond acceptors (Lipinski definition) is 24. The molecular formula is C72H71F4FeN9O14S9. The summed E-state index contributed by atoms with van der Waals surface area (Å²) in [6.45, 7) is 1.08. The number of thioether (sulfide) groups is 1. The van der Waals surface area contributed by atoms with E-state index in [1.807, 2.05) is 42.7 Å². The molecule has 13 aromatic rings. The number of anilines is 2. The average Bonchev–Trinajstić information content (AvgIpc) is 1.73. The number of hydrogen-bond donors (Lipinski definition) is 4. The predicted molar refractivity (Wildman–Crippen MR) is 432 cm³/mol. The number of fused-ring (bicyclic) bond motifs is 4. The van der Waals surface area contributed by atoms with Crippen molar-refractivity contribution < 1.29 is 90.7 Å². The summed E-state index contributed by atoms with van der Waals surface area (Å²) in [5.74, 6) is -2.22. The Kier molecular flexibility index (Phi) is 37.2. The number of nitrogens with zero attached hydrogens (tertiary/aromatic N) is 6. The fraction of sp³-hybridized carbons (Fsp3) is 0.153. The molecule has 0 saturated heterocycles. The number of rotatable bonds is 17. The molecule has 13 rings (SSSR count). The van der Waals surface area contributed by atoms with Gasteiger partial charge >= 0.3 is 0 Å². The van der Waals surface area contributed by atoms with Crippen molar-refractivity contribution in [3.63, 3.8) is 0 Å². The molecule has 0 bridgehead atoms. The smallest absolute Gasteiger partial charge is 0.300 e. The summed E-state index contributed by atoms with van der Waals surface area (Å²) < 4.78 is 120. The third kappa shape index (κ3) is 25.7. The number of carboxylic acid groups (broad SMARTS) is 1. The fourth-order valence-corrected chi connectivity index (χ4v) is 15.9. The van der Waals surface area contributed by atoms with Gasteiger partial charge in [-0.3, -0.25) is 62.4 Å². The number of aliphatic carboxylic acids is 1. The maximum Gasteiger partial charge on any atom is 0.300 e.